The lowest BCUT2D eigenvalue weighted by Gasteiger charge is -2.33. The van der Waals surface area contributed by atoms with E-state index in [1.165, 1.54) is 29.2 Å². The van der Waals surface area contributed by atoms with Gasteiger partial charge in [0.1, 0.15) is 18.4 Å². The highest BCUT2D eigenvalue weighted by molar-refractivity contribution is 7.92. The molecular formula is C30H36FN3O4S. The van der Waals surface area contributed by atoms with Gasteiger partial charge in [-0.25, -0.2) is 12.8 Å². The van der Waals surface area contributed by atoms with Crippen LogP contribution in [0.3, 0.4) is 0 Å². The van der Waals surface area contributed by atoms with Crippen molar-refractivity contribution in [1.29, 1.82) is 0 Å². The number of halogens is 1. The Bertz CT molecular complexity index is 1360. The monoisotopic (exact) mass is 553 g/mol. The van der Waals surface area contributed by atoms with Gasteiger partial charge in [-0.15, -0.1) is 0 Å². The molecule has 3 aromatic rings. The van der Waals surface area contributed by atoms with Crippen molar-refractivity contribution < 1.29 is 22.4 Å². The molecule has 0 aromatic heterocycles. The van der Waals surface area contributed by atoms with E-state index in [1.54, 1.807) is 55.5 Å². The van der Waals surface area contributed by atoms with Crippen LogP contribution in [0.2, 0.25) is 0 Å². The fraction of sp³-hybridized carbons (Fsp3) is 0.333. The van der Waals surface area contributed by atoms with E-state index in [0.717, 1.165) is 9.87 Å². The van der Waals surface area contributed by atoms with Crippen molar-refractivity contribution in [1.82, 2.24) is 10.2 Å². The third-order valence-corrected chi connectivity index (χ3v) is 8.34. The van der Waals surface area contributed by atoms with Crippen LogP contribution >= 0.6 is 0 Å². The van der Waals surface area contributed by atoms with Gasteiger partial charge in [-0.2, -0.15) is 0 Å². The summed E-state index contributed by atoms with van der Waals surface area (Å²) in [6.45, 7) is 6.95. The fourth-order valence-corrected chi connectivity index (χ4v) is 5.61. The molecule has 0 spiro atoms. The minimum atomic E-state index is -4.12. The summed E-state index contributed by atoms with van der Waals surface area (Å²) in [5.74, 6) is -1.29. The van der Waals surface area contributed by atoms with Crippen LogP contribution in [0.15, 0.2) is 83.8 Å². The van der Waals surface area contributed by atoms with Crippen molar-refractivity contribution in [3.8, 4) is 0 Å². The van der Waals surface area contributed by atoms with Gasteiger partial charge in [0.15, 0.2) is 0 Å². The number of nitrogens with zero attached hydrogens (tertiary/aromatic N) is 2. The summed E-state index contributed by atoms with van der Waals surface area (Å²) in [4.78, 5) is 28.7. The maximum absolute atomic E-state index is 14.0. The molecule has 0 aliphatic heterocycles. The van der Waals surface area contributed by atoms with E-state index in [-0.39, 0.29) is 23.4 Å². The van der Waals surface area contributed by atoms with E-state index in [4.69, 9.17) is 0 Å². The zero-order chi connectivity index (χ0) is 28.6. The van der Waals surface area contributed by atoms with Crippen molar-refractivity contribution >= 4 is 27.5 Å². The van der Waals surface area contributed by atoms with Gasteiger partial charge in [-0.05, 0) is 74.2 Å². The third kappa shape index (κ3) is 7.66. The van der Waals surface area contributed by atoms with Crippen LogP contribution in [0.1, 0.15) is 44.7 Å². The lowest BCUT2D eigenvalue weighted by Crippen LogP contribution is -2.53. The van der Waals surface area contributed by atoms with Crippen LogP contribution in [0.4, 0.5) is 10.1 Å². The molecule has 0 aliphatic carbocycles. The van der Waals surface area contributed by atoms with E-state index >= 15 is 0 Å². The predicted molar refractivity (Wildman–Crippen MR) is 151 cm³/mol. The summed E-state index contributed by atoms with van der Waals surface area (Å²) in [6, 6.07) is 19.5. The first kappa shape index (κ1) is 29.8. The lowest BCUT2D eigenvalue weighted by molar-refractivity contribution is -0.140. The second-order valence-electron chi connectivity index (χ2n) is 9.55. The molecule has 2 amide bonds. The van der Waals surface area contributed by atoms with Gasteiger partial charge >= 0.3 is 0 Å². The molecule has 9 heteroatoms. The Kier molecular flexibility index (Phi) is 10.2. The average molecular weight is 554 g/mol. The molecule has 7 nitrogen and oxygen atoms in total. The molecule has 208 valence electrons. The number of amides is 2. The molecule has 0 fully saturated rings. The average Bonchev–Trinajstić information content (AvgIpc) is 2.92. The van der Waals surface area contributed by atoms with Crippen LogP contribution in [0.25, 0.3) is 0 Å². The fourth-order valence-electron chi connectivity index (χ4n) is 4.18. The van der Waals surface area contributed by atoms with Crippen molar-refractivity contribution in [2.24, 2.45) is 0 Å². The van der Waals surface area contributed by atoms with Crippen LogP contribution in [-0.2, 0) is 26.2 Å². The van der Waals surface area contributed by atoms with E-state index in [0.29, 0.717) is 24.1 Å². The molecule has 0 radical (unpaired) electrons. The highest BCUT2D eigenvalue weighted by Gasteiger charge is 2.34. The van der Waals surface area contributed by atoms with Crippen molar-refractivity contribution in [2.45, 2.75) is 64.1 Å². The van der Waals surface area contributed by atoms with E-state index in [9.17, 15) is 22.4 Å². The summed E-state index contributed by atoms with van der Waals surface area (Å²) in [5.41, 5.74) is 1.79. The Hall–Kier alpha value is -3.72. The number of hydrogen-bond acceptors (Lipinski definition) is 4. The number of rotatable bonds is 12. The van der Waals surface area contributed by atoms with Crippen molar-refractivity contribution in [2.75, 3.05) is 10.8 Å². The van der Waals surface area contributed by atoms with E-state index in [1.807, 2.05) is 26.8 Å². The van der Waals surface area contributed by atoms with Crippen LogP contribution in [0.5, 0.6) is 0 Å². The molecule has 0 unspecified atom stereocenters. The second kappa shape index (κ2) is 13.4. The van der Waals surface area contributed by atoms with Crippen molar-refractivity contribution in [3.63, 3.8) is 0 Å². The first-order valence-corrected chi connectivity index (χ1v) is 14.5. The van der Waals surface area contributed by atoms with Gasteiger partial charge < -0.3 is 10.2 Å². The summed E-state index contributed by atoms with van der Waals surface area (Å²) in [7, 11) is -4.12. The molecule has 0 bridgehead atoms. The van der Waals surface area contributed by atoms with Crippen LogP contribution in [0, 0.1) is 12.7 Å². The third-order valence-electron chi connectivity index (χ3n) is 6.55. The second-order valence-corrected chi connectivity index (χ2v) is 11.4. The highest BCUT2D eigenvalue weighted by atomic mass is 32.2. The predicted octanol–water partition coefficient (Wildman–Crippen LogP) is 5.05. The Morgan fingerprint density at radius 3 is 2.18 bits per heavy atom. The zero-order valence-electron chi connectivity index (χ0n) is 22.8. The lowest BCUT2D eigenvalue weighted by atomic mass is 10.1. The van der Waals surface area contributed by atoms with E-state index in [2.05, 4.69) is 5.32 Å². The maximum atomic E-state index is 14.0. The minimum absolute atomic E-state index is 0.0125. The van der Waals surface area contributed by atoms with E-state index < -0.39 is 34.3 Å². The summed E-state index contributed by atoms with van der Waals surface area (Å²) < 4.78 is 42.2. The van der Waals surface area contributed by atoms with Crippen molar-refractivity contribution in [3.05, 3.63) is 95.8 Å². The number of hydrogen-bond donors (Lipinski definition) is 1. The van der Waals surface area contributed by atoms with Gasteiger partial charge in [-0.1, -0.05) is 56.3 Å². The molecule has 0 saturated carbocycles. The van der Waals surface area contributed by atoms with Gasteiger partial charge in [0.2, 0.25) is 11.8 Å². The van der Waals surface area contributed by atoms with Gasteiger partial charge in [-0.3, -0.25) is 13.9 Å². The summed E-state index contributed by atoms with van der Waals surface area (Å²) >= 11 is 0. The first-order chi connectivity index (χ1) is 18.6. The summed E-state index contributed by atoms with van der Waals surface area (Å²) in [6.07, 6.45) is 1.02. The largest absolute Gasteiger partial charge is 0.352 e. The molecule has 1 N–H and O–H groups in total. The number of aryl methyl sites for hydroxylation is 1. The normalized spacial score (nSPS) is 12.8. The molecule has 3 aromatic carbocycles. The molecule has 0 saturated heterocycles. The summed E-state index contributed by atoms with van der Waals surface area (Å²) in [5, 5.41) is 2.93. The zero-order valence-corrected chi connectivity index (χ0v) is 23.6. The molecule has 0 heterocycles. The highest BCUT2D eigenvalue weighted by Crippen LogP contribution is 2.25. The topological polar surface area (TPSA) is 86.8 Å². The molecule has 39 heavy (non-hydrogen) atoms. The number of benzene rings is 3. The quantitative estimate of drug-likeness (QED) is 0.340. The van der Waals surface area contributed by atoms with Gasteiger partial charge in [0.05, 0.1) is 10.6 Å². The number of nitrogens with one attached hydrogen (secondary N) is 1. The molecule has 2 atom stereocenters. The Balaban J connectivity index is 2.04. The molecular weight excluding hydrogens is 517 g/mol. The standard InChI is InChI=1S/C30H36FN3O4S/c1-5-23(4)32-30(36)28(6-2)33(20-24-15-17-25(31)18-16-24)29(35)21-34(26-12-10-11-22(3)19-26)39(37,38)27-13-8-7-9-14-27/h7-19,23,28H,5-6,20-21H2,1-4H3,(H,32,36)/t23-,28+/m1/s1. The number of carbonyl (C=O) groups excluding carboxylic acids is 2. The molecule has 0 aliphatic rings. The first-order valence-electron chi connectivity index (χ1n) is 13.1. The Morgan fingerprint density at radius 2 is 1.59 bits per heavy atom. The van der Waals surface area contributed by atoms with Gasteiger partial charge in [0.25, 0.3) is 10.0 Å². The number of anilines is 1. The van der Waals surface area contributed by atoms with Gasteiger partial charge in [0, 0.05) is 12.6 Å². The molecule has 3 rings (SSSR count). The number of sulfonamides is 1. The number of carbonyl (C=O) groups is 2. The smallest absolute Gasteiger partial charge is 0.264 e. The van der Waals surface area contributed by atoms with Crippen LogP contribution in [-0.4, -0.2) is 43.8 Å². The SMILES string of the molecule is CC[C@@H](C)NC(=O)[C@H](CC)N(Cc1ccc(F)cc1)C(=O)CN(c1cccc(C)c1)S(=O)(=O)c1ccccc1. The Labute approximate surface area is 230 Å². The minimum Gasteiger partial charge on any atom is -0.352 e. The van der Waals surface area contributed by atoms with Crippen LogP contribution < -0.4 is 9.62 Å². The Morgan fingerprint density at radius 1 is 0.923 bits per heavy atom. The maximum Gasteiger partial charge on any atom is 0.264 e.